The van der Waals surface area contributed by atoms with E-state index in [9.17, 15) is 5.11 Å². The lowest BCUT2D eigenvalue weighted by Gasteiger charge is -2.27. The van der Waals surface area contributed by atoms with Crippen LogP contribution in [0.25, 0.3) is 0 Å². The lowest BCUT2D eigenvalue weighted by atomic mass is 10.1. The van der Waals surface area contributed by atoms with Gasteiger partial charge in [-0.3, -0.25) is 9.80 Å². The molecule has 2 aliphatic heterocycles. The molecule has 0 unspecified atom stereocenters. The van der Waals surface area contributed by atoms with Crippen LogP contribution < -0.4 is 0 Å². The molecule has 2 aromatic heterocycles. The van der Waals surface area contributed by atoms with Crippen molar-refractivity contribution >= 4 is 0 Å². The molecule has 4 rings (SSSR count). The summed E-state index contributed by atoms with van der Waals surface area (Å²) in [5, 5.41) is 19.0. The van der Waals surface area contributed by atoms with E-state index in [0.29, 0.717) is 19.5 Å². The molecule has 23 heavy (non-hydrogen) atoms. The molecular weight excluding hydrogens is 294 g/mol. The summed E-state index contributed by atoms with van der Waals surface area (Å²) in [7, 11) is 2.10. The largest absolute Gasteiger partial charge is 0.465 e. The molecule has 2 atom stereocenters. The summed E-state index contributed by atoms with van der Waals surface area (Å²) in [6, 6.07) is 4.08. The summed E-state index contributed by atoms with van der Waals surface area (Å²) >= 11 is 0. The Morgan fingerprint density at radius 3 is 2.96 bits per heavy atom. The predicted octanol–water partition coefficient (Wildman–Crippen LogP) is 0.933. The lowest BCUT2D eigenvalue weighted by molar-refractivity contribution is 0.166. The van der Waals surface area contributed by atoms with E-state index in [1.54, 1.807) is 0 Å². The van der Waals surface area contributed by atoms with Gasteiger partial charge in [-0.25, -0.2) is 0 Å². The van der Waals surface area contributed by atoms with E-state index in [4.69, 9.17) is 4.42 Å². The van der Waals surface area contributed by atoms with E-state index < -0.39 is 0 Å². The average molecular weight is 317 g/mol. The zero-order chi connectivity index (χ0) is 16.0. The molecule has 124 valence electrons. The molecule has 1 fully saturated rings. The number of fused-ring (bicyclic) bond motifs is 1. The van der Waals surface area contributed by atoms with Crippen molar-refractivity contribution in [1.82, 2.24) is 24.6 Å². The highest BCUT2D eigenvalue weighted by Gasteiger charge is 2.36. The Balaban J connectivity index is 1.59. The third kappa shape index (κ3) is 2.80. The SMILES string of the molecule is Cc1ccc(CN2C[C@@H](O)C[C@H]2c2nnc3n2CCN(C)C3)o1. The van der Waals surface area contributed by atoms with Crippen LogP contribution in [-0.4, -0.2) is 55.9 Å². The third-order valence-corrected chi connectivity index (χ3v) is 4.81. The van der Waals surface area contributed by atoms with Crippen LogP contribution in [0.4, 0.5) is 0 Å². The molecule has 0 bridgehead atoms. The number of furan rings is 1. The van der Waals surface area contributed by atoms with Crippen molar-refractivity contribution in [2.75, 3.05) is 20.1 Å². The number of likely N-dealkylation sites (tertiary alicyclic amines) is 1. The van der Waals surface area contributed by atoms with Crippen LogP contribution in [0, 0.1) is 6.92 Å². The van der Waals surface area contributed by atoms with Crippen molar-refractivity contribution < 1.29 is 9.52 Å². The van der Waals surface area contributed by atoms with Gasteiger partial charge in [-0.1, -0.05) is 0 Å². The highest BCUT2D eigenvalue weighted by atomic mass is 16.3. The Labute approximate surface area is 135 Å². The number of nitrogens with zero attached hydrogens (tertiary/aromatic N) is 5. The van der Waals surface area contributed by atoms with E-state index in [1.807, 2.05) is 19.1 Å². The lowest BCUT2D eigenvalue weighted by Crippen LogP contribution is -2.33. The Kier molecular flexibility index (Phi) is 3.71. The number of aliphatic hydroxyl groups excluding tert-OH is 1. The normalized spacial score (nSPS) is 25.9. The number of likely N-dealkylation sites (N-methyl/N-ethyl adjacent to an activating group) is 1. The summed E-state index contributed by atoms with van der Waals surface area (Å²) in [6.07, 6.45) is 0.378. The van der Waals surface area contributed by atoms with Gasteiger partial charge < -0.3 is 14.1 Å². The smallest absolute Gasteiger partial charge is 0.150 e. The van der Waals surface area contributed by atoms with Gasteiger partial charge in [0.25, 0.3) is 0 Å². The van der Waals surface area contributed by atoms with Crippen LogP contribution in [-0.2, 0) is 19.6 Å². The van der Waals surface area contributed by atoms with E-state index in [0.717, 1.165) is 42.8 Å². The minimum Gasteiger partial charge on any atom is -0.465 e. The van der Waals surface area contributed by atoms with E-state index in [2.05, 4.69) is 31.6 Å². The fourth-order valence-electron chi connectivity index (χ4n) is 3.64. The summed E-state index contributed by atoms with van der Waals surface area (Å²) in [5.74, 6) is 3.84. The highest BCUT2D eigenvalue weighted by molar-refractivity contribution is 5.10. The number of hydrogen-bond donors (Lipinski definition) is 1. The number of rotatable bonds is 3. The zero-order valence-corrected chi connectivity index (χ0v) is 13.6. The van der Waals surface area contributed by atoms with E-state index in [1.165, 1.54) is 0 Å². The molecule has 0 saturated carbocycles. The van der Waals surface area contributed by atoms with Crippen LogP contribution in [0.15, 0.2) is 16.5 Å². The molecule has 7 nitrogen and oxygen atoms in total. The average Bonchev–Trinajstić information content (AvgIpc) is 3.18. The van der Waals surface area contributed by atoms with Gasteiger partial charge in [-0.15, -0.1) is 10.2 Å². The number of hydrogen-bond acceptors (Lipinski definition) is 6. The molecular formula is C16H23N5O2. The van der Waals surface area contributed by atoms with Gasteiger partial charge in [0.05, 0.1) is 25.2 Å². The molecule has 2 aliphatic rings. The maximum atomic E-state index is 10.2. The van der Waals surface area contributed by atoms with Gasteiger partial charge in [0.1, 0.15) is 17.3 Å². The van der Waals surface area contributed by atoms with Gasteiger partial charge in [0.2, 0.25) is 0 Å². The zero-order valence-electron chi connectivity index (χ0n) is 13.6. The first-order chi connectivity index (χ1) is 11.1. The van der Waals surface area contributed by atoms with Gasteiger partial charge in [-0.05, 0) is 32.5 Å². The molecule has 4 heterocycles. The standard InChI is InChI=1S/C16H23N5O2/c1-11-3-4-13(23-11)9-20-8-12(22)7-14(20)16-18-17-15-10-19(2)5-6-21(15)16/h3-4,12,14,22H,5-10H2,1-2H3/t12-,14-/m0/s1. The number of β-amino-alcohol motifs (C(OH)–C–C–N with tert-alkyl or cyclic N) is 1. The van der Waals surface area contributed by atoms with Crippen molar-refractivity contribution in [3.8, 4) is 0 Å². The summed E-state index contributed by atoms with van der Waals surface area (Å²) in [5.41, 5.74) is 0. The number of aryl methyl sites for hydroxylation is 1. The minimum atomic E-state index is -0.324. The van der Waals surface area contributed by atoms with Crippen LogP contribution in [0.3, 0.4) is 0 Å². The second kappa shape index (κ2) is 5.74. The van der Waals surface area contributed by atoms with Gasteiger partial charge >= 0.3 is 0 Å². The summed E-state index contributed by atoms with van der Waals surface area (Å²) < 4.78 is 7.93. The predicted molar refractivity (Wildman–Crippen MR) is 83.6 cm³/mol. The minimum absolute atomic E-state index is 0.0973. The molecule has 1 saturated heterocycles. The Hall–Kier alpha value is -1.70. The number of aromatic nitrogens is 3. The first-order valence-corrected chi connectivity index (χ1v) is 8.18. The van der Waals surface area contributed by atoms with Crippen molar-refractivity contribution in [2.24, 2.45) is 0 Å². The molecule has 0 amide bonds. The fourth-order valence-corrected chi connectivity index (χ4v) is 3.64. The maximum absolute atomic E-state index is 10.2. The Bertz CT molecular complexity index is 694. The Morgan fingerprint density at radius 1 is 1.30 bits per heavy atom. The van der Waals surface area contributed by atoms with Crippen LogP contribution in [0.2, 0.25) is 0 Å². The summed E-state index contributed by atoms with van der Waals surface area (Å²) in [6.45, 7) is 6.04. The first-order valence-electron chi connectivity index (χ1n) is 8.18. The molecule has 0 radical (unpaired) electrons. The topological polar surface area (TPSA) is 70.6 Å². The third-order valence-electron chi connectivity index (χ3n) is 4.81. The highest BCUT2D eigenvalue weighted by Crippen LogP contribution is 2.33. The molecule has 0 spiro atoms. The van der Waals surface area contributed by atoms with E-state index in [-0.39, 0.29) is 12.1 Å². The second-order valence-electron chi connectivity index (χ2n) is 6.71. The van der Waals surface area contributed by atoms with Gasteiger partial charge in [-0.2, -0.15) is 0 Å². The van der Waals surface area contributed by atoms with Crippen LogP contribution in [0.1, 0.15) is 35.6 Å². The molecule has 2 aromatic rings. The van der Waals surface area contributed by atoms with Gasteiger partial charge in [0.15, 0.2) is 5.82 Å². The molecule has 0 aliphatic carbocycles. The van der Waals surface area contributed by atoms with Crippen LogP contribution >= 0.6 is 0 Å². The van der Waals surface area contributed by atoms with Gasteiger partial charge in [0, 0.05) is 19.6 Å². The second-order valence-corrected chi connectivity index (χ2v) is 6.71. The molecule has 1 N–H and O–H groups in total. The quantitative estimate of drug-likeness (QED) is 0.908. The molecule has 7 heteroatoms. The van der Waals surface area contributed by atoms with Crippen molar-refractivity contribution in [3.63, 3.8) is 0 Å². The summed E-state index contributed by atoms with van der Waals surface area (Å²) in [4.78, 5) is 4.50. The monoisotopic (exact) mass is 317 g/mol. The van der Waals surface area contributed by atoms with Crippen LogP contribution in [0.5, 0.6) is 0 Å². The maximum Gasteiger partial charge on any atom is 0.150 e. The first kappa shape index (κ1) is 14.9. The molecule has 0 aromatic carbocycles. The number of aliphatic hydroxyl groups is 1. The van der Waals surface area contributed by atoms with E-state index >= 15 is 0 Å². The van der Waals surface area contributed by atoms with Crippen molar-refractivity contribution in [3.05, 3.63) is 35.3 Å². The fraction of sp³-hybridized carbons (Fsp3) is 0.625. The van der Waals surface area contributed by atoms with Crippen molar-refractivity contribution in [2.45, 2.75) is 45.1 Å². The van der Waals surface area contributed by atoms with Crippen molar-refractivity contribution in [1.29, 1.82) is 0 Å². The Morgan fingerprint density at radius 2 is 2.17 bits per heavy atom.